The summed E-state index contributed by atoms with van der Waals surface area (Å²) in [6, 6.07) is 11.0. The topological polar surface area (TPSA) is 39.1 Å². The van der Waals surface area contributed by atoms with Crippen molar-refractivity contribution in [3.05, 3.63) is 35.4 Å². The Balaban J connectivity index is 1.94. The van der Waals surface area contributed by atoms with Crippen molar-refractivity contribution in [2.24, 2.45) is 0 Å². The van der Waals surface area contributed by atoms with Gasteiger partial charge in [-0.05, 0) is 44.0 Å². The first-order valence-electron chi connectivity index (χ1n) is 6.69. The predicted octanol–water partition coefficient (Wildman–Crippen LogP) is 1.94. The molecule has 0 radical (unpaired) electrons. The van der Waals surface area contributed by atoms with Crippen LogP contribution in [0, 0.1) is 11.3 Å². The van der Waals surface area contributed by atoms with Gasteiger partial charge in [-0.3, -0.25) is 4.90 Å². The number of hydrogen-bond acceptors (Lipinski definition) is 3. The van der Waals surface area contributed by atoms with Crippen molar-refractivity contribution < 1.29 is 0 Å². The zero-order valence-electron chi connectivity index (χ0n) is 11.0. The lowest BCUT2D eigenvalue weighted by molar-refractivity contribution is 0.260. The molecule has 0 bridgehead atoms. The van der Waals surface area contributed by atoms with E-state index >= 15 is 0 Å². The van der Waals surface area contributed by atoms with Crippen molar-refractivity contribution in [3.8, 4) is 6.07 Å². The standard InChI is InChI=1S/C15H21N3/c1-17-15(11-16)8-10-18-9-4-7-13-5-2-3-6-14(13)12-18/h2-3,5-6,15,17H,4,7-10,12H2,1H3. The first-order chi connectivity index (χ1) is 8.83. The minimum atomic E-state index is -0.0245. The molecule has 1 aromatic carbocycles. The molecule has 0 saturated heterocycles. The van der Waals surface area contributed by atoms with Crippen molar-refractivity contribution in [1.29, 1.82) is 5.26 Å². The second-order valence-electron chi connectivity index (χ2n) is 4.91. The molecule has 1 unspecified atom stereocenters. The number of benzene rings is 1. The third-order valence-electron chi connectivity index (χ3n) is 3.67. The summed E-state index contributed by atoms with van der Waals surface area (Å²) < 4.78 is 0. The second-order valence-corrected chi connectivity index (χ2v) is 4.91. The van der Waals surface area contributed by atoms with E-state index < -0.39 is 0 Å². The summed E-state index contributed by atoms with van der Waals surface area (Å²) in [7, 11) is 1.85. The van der Waals surface area contributed by atoms with Crippen LogP contribution in [0.25, 0.3) is 0 Å². The lowest BCUT2D eigenvalue weighted by Gasteiger charge is -2.21. The Bertz CT molecular complexity index is 422. The molecule has 0 amide bonds. The maximum atomic E-state index is 8.94. The van der Waals surface area contributed by atoms with Crippen LogP contribution in [0.3, 0.4) is 0 Å². The second kappa shape index (κ2) is 6.53. The highest BCUT2D eigenvalue weighted by Crippen LogP contribution is 2.18. The molecular formula is C15H21N3. The van der Waals surface area contributed by atoms with Gasteiger partial charge in [-0.25, -0.2) is 0 Å². The van der Waals surface area contributed by atoms with Crippen molar-refractivity contribution in [2.75, 3.05) is 20.1 Å². The highest BCUT2D eigenvalue weighted by molar-refractivity contribution is 5.27. The van der Waals surface area contributed by atoms with Gasteiger partial charge in [-0.1, -0.05) is 24.3 Å². The highest BCUT2D eigenvalue weighted by atomic mass is 15.1. The Morgan fingerprint density at radius 2 is 2.17 bits per heavy atom. The fraction of sp³-hybridized carbons (Fsp3) is 0.533. The monoisotopic (exact) mass is 243 g/mol. The van der Waals surface area contributed by atoms with Gasteiger partial charge in [-0.2, -0.15) is 5.26 Å². The normalized spacial score (nSPS) is 17.6. The van der Waals surface area contributed by atoms with E-state index in [0.29, 0.717) is 0 Å². The summed E-state index contributed by atoms with van der Waals surface area (Å²) in [5.41, 5.74) is 2.94. The molecule has 96 valence electrons. The van der Waals surface area contributed by atoms with E-state index in [1.165, 1.54) is 24.0 Å². The Morgan fingerprint density at radius 1 is 1.39 bits per heavy atom. The molecule has 1 atom stereocenters. The predicted molar refractivity (Wildman–Crippen MR) is 73.1 cm³/mol. The lowest BCUT2D eigenvalue weighted by Crippen LogP contribution is -2.31. The molecule has 0 aliphatic carbocycles. The quantitative estimate of drug-likeness (QED) is 0.878. The van der Waals surface area contributed by atoms with Crippen LogP contribution in [-0.2, 0) is 13.0 Å². The number of nitrogens with zero attached hydrogens (tertiary/aromatic N) is 2. The van der Waals surface area contributed by atoms with Crippen LogP contribution in [0.2, 0.25) is 0 Å². The van der Waals surface area contributed by atoms with Crippen molar-refractivity contribution in [2.45, 2.75) is 31.8 Å². The summed E-state index contributed by atoms with van der Waals surface area (Å²) in [4.78, 5) is 2.47. The number of aryl methyl sites for hydroxylation is 1. The van der Waals surface area contributed by atoms with E-state index in [2.05, 4.69) is 40.6 Å². The smallest absolute Gasteiger partial charge is 0.0962 e. The summed E-state index contributed by atoms with van der Waals surface area (Å²) in [5, 5.41) is 12.0. The number of fused-ring (bicyclic) bond motifs is 1. The summed E-state index contributed by atoms with van der Waals surface area (Å²) >= 11 is 0. The van der Waals surface area contributed by atoms with E-state index in [1.807, 2.05) is 7.05 Å². The first-order valence-corrected chi connectivity index (χ1v) is 6.69. The third-order valence-corrected chi connectivity index (χ3v) is 3.67. The average Bonchev–Trinajstić information content (AvgIpc) is 2.61. The maximum absolute atomic E-state index is 8.94. The minimum Gasteiger partial charge on any atom is -0.305 e. The van der Waals surface area contributed by atoms with E-state index in [-0.39, 0.29) is 6.04 Å². The van der Waals surface area contributed by atoms with Crippen LogP contribution >= 0.6 is 0 Å². The molecule has 3 heteroatoms. The fourth-order valence-electron chi connectivity index (χ4n) is 2.54. The van der Waals surface area contributed by atoms with Gasteiger partial charge in [0, 0.05) is 13.1 Å². The van der Waals surface area contributed by atoms with Gasteiger partial charge < -0.3 is 5.32 Å². The Morgan fingerprint density at radius 3 is 2.89 bits per heavy atom. The molecule has 1 aromatic rings. The number of rotatable bonds is 4. The highest BCUT2D eigenvalue weighted by Gasteiger charge is 2.14. The summed E-state index contributed by atoms with van der Waals surface area (Å²) in [6.45, 7) is 3.15. The van der Waals surface area contributed by atoms with E-state index in [4.69, 9.17) is 5.26 Å². The van der Waals surface area contributed by atoms with Crippen LogP contribution in [0.5, 0.6) is 0 Å². The minimum absolute atomic E-state index is 0.0245. The van der Waals surface area contributed by atoms with Crippen molar-refractivity contribution >= 4 is 0 Å². The van der Waals surface area contributed by atoms with Gasteiger partial charge in [-0.15, -0.1) is 0 Å². The molecule has 0 aromatic heterocycles. The molecule has 3 nitrogen and oxygen atoms in total. The first kappa shape index (κ1) is 13.1. The number of nitriles is 1. The Kier molecular flexibility index (Phi) is 4.74. The van der Waals surface area contributed by atoms with Crippen LogP contribution in [-0.4, -0.2) is 31.1 Å². The Labute approximate surface area is 109 Å². The number of hydrogen-bond donors (Lipinski definition) is 1. The molecule has 0 saturated carbocycles. The molecule has 1 aliphatic heterocycles. The molecular weight excluding hydrogens is 222 g/mol. The Hall–Kier alpha value is -1.37. The van der Waals surface area contributed by atoms with Gasteiger partial charge >= 0.3 is 0 Å². The van der Waals surface area contributed by atoms with Gasteiger partial charge in [0.15, 0.2) is 0 Å². The molecule has 1 aliphatic rings. The van der Waals surface area contributed by atoms with E-state index in [0.717, 1.165) is 26.1 Å². The molecule has 2 rings (SSSR count). The molecule has 1 heterocycles. The van der Waals surface area contributed by atoms with Gasteiger partial charge in [0.05, 0.1) is 12.1 Å². The summed E-state index contributed by atoms with van der Waals surface area (Å²) in [6.07, 6.45) is 3.29. The zero-order chi connectivity index (χ0) is 12.8. The SMILES string of the molecule is CNC(C#N)CCN1CCCc2ccccc2C1. The van der Waals surface area contributed by atoms with Gasteiger partial charge in [0.2, 0.25) is 0 Å². The van der Waals surface area contributed by atoms with Crippen LogP contribution in [0.4, 0.5) is 0 Å². The largest absolute Gasteiger partial charge is 0.305 e. The van der Waals surface area contributed by atoms with Crippen molar-refractivity contribution in [1.82, 2.24) is 10.2 Å². The summed E-state index contributed by atoms with van der Waals surface area (Å²) in [5.74, 6) is 0. The van der Waals surface area contributed by atoms with E-state index in [9.17, 15) is 0 Å². The van der Waals surface area contributed by atoms with E-state index in [1.54, 1.807) is 0 Å². The van der Waals surface area contributed by atoms with Gasteiger partial charge in [0.25, 0.3) is 0 Å². The molecule has 0 fully saturated rings. The third kappa shape index (κ3) is 3.32. The molecule has 18 heavy (non-hydrogen) atoms. The van der Waals surface area contributed by atoms with Crippen LogP contribution in [0.1, 0.15) is 24.0 Å². The lowest BCUT2D eigenvalue weighted by atomic mass is 10.0. The maximum Gasteiger partial charge on any atom is 0.0962 e. The molecule has 0 spiro atoms. The van der Waals surface area contributed by atoms with Crippen LogP contribution in [0.15, 0.2) is 24.3 Å². The van der Waals surface area contributed by atoms with Gasteiger partial charge in [0.1, 0.15) is 0 Å². The molecule has 1 N–H and O–H groups in total. The van der Waals surface area contributed by atoms with Crippen LogP contribution < -0.4 is 5.32 Å². The fourth-order valence-corrected chi connectivity index (χ4v) is 2.54. The average molecular weight is 243 g/mol. The van der Waals surface area contributed by atoms with Crippen molar-refractivity contribution in [3.63, 3.8) is 0 Å². The zero-order valence-corrected chi connectivity index (χ0v) is 11.0. The number of nitrogens with one attached hydrogen (secondary N) is 1.